The van der Waals surface area contributed by atoms with E-state index in [0.29, 0.717) is 47.2 Å². The van der Waals surface area contributed by atoms with Gasteiger partial charge in [-0.15, -0.1) is 23.5 Å². The molecule has 0 aliphatic carbocycles. The summed E-state index contributed by atoms with van der Waals surface area (Å²) in [6, 6.07) is 19.3. The standard InChI is InChI=1S/C27H26N2O5S2/c1-2-34-27(32)18-11-12-21-22(17-18)29-26(31)20-8-4-6-10-24(20)36-16-14-33-13-15-35-23-9-5-3-7-19(23)25(30)28-21/h3-12,17H,2,13-16H2,1H3,(H,28,30)(H,29,31). The Morgan fingerprint density at radius 1 is 0.833 bits per heavy atom. The van der Waals surface area contributed by atoms with Crippen LogP contribution in [-0.2, 0) is 9.47 Å². The molecular formula is C27H26N2O5S2. The Morgan fingerprint density at radius 3 is 1.97 bits per heavy atom. The fraction of sp³-hybridized carbons (Fsp3) is 0.222. The molecule has 2 N–H and O–H groups in total. The third-order valence-electron chi connectivity index (χ3n) is 5.26. The van der Waals surface area contributed by atoms with Crippen molar-refractivity contribution in [3.05, 3.63) is 83.4 Å². The van der Waals surface area contributed by atoms with Gasteiger partial charge in [0.15, 0.2) is 0 Å². The Labute approximate surface area is 218 Å². The van der Waals surface area contributed by atoms with Crippen LogP contribution in [-0.4, -0.2) is 49.1 Å². The molecule has 1 aliphatic rings. The van der Waals surface area contributed by atoms with Crippen molar-refractivity contribution in [2.75, 3.05) is 42.0 Å². The fourth-order valence-electron chi connectivity index (χ4n) is 3.56. The van der Waals surface area contributed by atoms with Crippen molar-refractivity contribution in [2.24, 2.45) is 0 Å². The summed E-state index contributed by atoms with van der Waals surface area (Å²) in [5.74, 6) is 0.205. The number of nitrogens with one attached hydrogen (secondary N) is 2. The number of ether oxygens (including phenoxy) is 2. The molecule has 186 valence electrons. The van der Waals surface area contributed by atoms with Gasteiger partial charge in [-0.1, -0.05) is 24.3 Å². The third kappa shape index (κ3) is 6.48. The van der Waals surface area contributed by atoms with E-state index in [1.807, 2.05) is 24.3 Å². The van der Waals surface area contributed by atoms with Crippen molar-refractivity contribution in [1.29, 1.82) is 0 Å². The van der Waals surface area contributed by atoms with Gasteiger partial charge in [-0.2, -0.15) is 0 Å². The number of thioether (sulfide) groups is 2. The van der Waals surface area contributed by atoms with Crippen LogP contribution in [0.1, 0.15) is 38.0 Å². The number of rotatable bonds is 2. The van der Waals surface area contributed by atoms with Crippen LogP contribution < -0.4 is 10.6 Å². The van der Waals surface area contributed by atoms with Crippen LogP contribution in [0.4, 0.5) is 11.4 Å². The van der Waals surface area contributed by atoms with Gasteiger partial charge in [0.1, 0.15) is 0 Å². The molecule has 0 fully saturated rings. The molecule has 0 unspecified atom stereocenters. The van der Waals surface area contributed by atoms with E-state index in [0.717, 1.165) is 9.79 Å². The van der Waals surface area contributed by atoms with Crippen LogP contribution in [0.2, 0.25) is 0 Å². The highest BCUT2D eigenvalue weighted by Gasteiger charge is 2.19. The first-order valence-electron chi connectivity index (χ1n) is 11.5. The first kappa shape index (κ1) is 25.8. The summed E-state index contributed by atoms with van der Waals surface area (Å²) in [4.78, 5) is 40.6. The van der Waals surface area contributed by atoms with Crippen LogP contribution in [0.5, 0.6) is 0 Å². The smallest absolute Gasteiger partial charge is 0.338 e. The Kier molecular flexibility index (Phi) is 9.05. The largest absolute Gasteiger partial charge is 0.462 e. The van der Waals surface area contributed by atoms with Crippen LogP contribution >= 0.6 is 23.5 Å². The van der Waals surface area contributed by atoms with E-state index in [1.54, 1.807) is 55.1 Å². The summed E-state index contributed by atoms with van der Waals surface area (Å²) in [7, 11) is 0. The zero-order valence-electron chi connectivity index (χ0n) is 19.7. The monoisotopic (exact) mass is 522 g/mol. The Hall–Kier alpha value is -3.27. The molecule has 4 rings (SSSR count). The minimum atomic E-state index is -0.512. The lowest BCUT2D eigenvalue weighted by molar-refractivity contribution is 0.0526. The number of carbonyl (C=O) groups is 3. The maximum absolute atomic E-state index is 13.3. The lowest BCUT2D eigenvalue weighted by Gasteiger charge is -2.16. The van der Waals surface area contributed by atoms with Gasteiger partial charge in [0.05, 0.1) is 47.9 Å². The number of hydrogen-bond donors (Lipinski definition) is 2. The predicted molar refractivity (Wildman–Crippen MR) is 143 cm³/mol. The molecule has 9 heteroatoms. The Bertz CT molecular complexity index is 1260. The quantitative estimate of drug-likeness (QED) is 0.424. The number of benzene rings is 3. The molecule has 0 atom stereocenters. The van der Waals surface area contributed by atoms with E-state index in [1.165, 1.54) is 17.8 Å². The first-order chi connectivity index (χ1) is 17.6. The molecule has 36 heavy (non-hydrogen) atoms. The fourth-order valence-corrected chi connectivity index (χ4v) is 5.38. The summed E-state index contributed by atoms with van der Waals surface area (Å²) in [6.07, 6.45) is 0. The molecule has 3 aromatic rings. The summed E-state index contributed by atoms with van der Waals surface area (Å²) in [5.41, 5.74) is 1.95. The molecule has 0 radical (unpaired) electrons. The summed E-state index contributed by atoms with van der Waals surface area (Å²) >= 11 is 3.09. The molecule has 1 aliphatic heterocycles. The number of fused-ring (bicyclic) bond motifs is 3. The molecule has 0 saturated heterocycles. The zero-order valence-corrected chi connectivity index (χ0v) is 21.4. The maximum Gasteiger partial charge on any atom is 0.338 e. The highest BCUT2D eigenvalue weighted by Crippen LogP contribution is 2.30. The molecule has 2 amide bonds. The molecule has 3 aromatic carbocycles. The summed E-state index contributed by atoms with van der Waals surface area (Å²) < 4.78 is 10.9. The summed E-state index contributed by atoms with van der Waals surface area (Å²) in [5, 5.41) is 5.78. The van der Waals surface area contributed by atoms with Gasteiger partial charge in [0.25, 0.3) is 11.8 Å². The molecule has 7 nitrogen and oxygen atoms in total. The second kappa shape index (κ2) is 12.6. The number of carbonyl (C=O) groups excluding carboxylic acids is 3. The second-order valence-corrected chi connectivity index (χ2v) is 9.96. The number of esters is 1. The average Bonchev–Trinajstić information content (AvgIpc) is 2.89. The van der Waals surface area contributed by atoms with Gasteiger partial charge in [-0.3, -0.25) is 9.59 Å². The lowest BCUT2D eigenvalue weighted by atomic mass is 10.1. The normalized spacial score (nSPS) is 14.8. The molecule has 1 heterocycles. The minimum Gasteiger partial charge on any atom is -0.462 e. The van der Waals surface area contributed by atoms with Crippen LogP contribution in [0.15, 0.2) is 76.5 Å². The van der Waals surface area contributed by atoms with E-state index in [2.05, 4.69) is 10.6 Å². The van der Waals surface area contributed by atoms with Crippen LogP contribution in [0, 0.1) is 0 Å². The van der Waals surface area contributed by atoms with Gasteiger partial charge in [-0.25, -0.2) is 4.79 Å². The molecular weight excluding hydrogens is 496 g/mol. The van der Waals surface area contributed by atoms with Gasteiger partial charge < -0.3 is 20.1 Å². The topological polar surface area (TPSA) is 93.7 Å². The first-order valence-corrected chi connectivity index (χ1v) is 13.5. The van der Waals surface area contributed by atoms with Crippen molar-refractivity contribution >= 4 is 52.7 Å². The van der Waals surface area contributed by atoms with E-state index < -0.39 is 5.97 Å². The number of anilines is 2. The van der Waals surface area contributed by atoms with Crippen molar-refractivity contribution in [3.8, 4) is 0 Å². The SMILES string of the molecule is CCOC(=O)c1ccc2c(c1)NC(=O)c1ccccc1SCCOCCSc1ccccc1C(=O)N2. The van der Waals surface area contributed by atoms with Gasteiger partial charge in [-0.05, 0) is 49.4 Å². The predicted octanol–water partition coefficient (Wildman–Crippen LogP) is 5.58. The maximum atomic E-state index is 13.3. The Balaban J connectivity index is 1.73. The minimum absolute atomic E-state index is 0.224. The van der Waals surface area contributed by atoms with E-state index in [9.17, 15) is 14.4 Å². The number of hydrogen-bond acceptors (Lipinski definition) is 7. The molecule has 0 saturated carbocycles. The van der Waals surface area contributed by atoms with Gasteiger partial charge >= 0.3 is 5.97 Å². The third-order valence-corrected chi connectivity index (χ3v) is 7.34. The van der Waals surface area contributed by atoms with Crippen molar-refractivity contribution in [1.82, 2.24) is 0 Å². The lowest BCUT2D eigenvalue weighted by Crippen LogP contribution is -2.18. The molecule has 0 bridgehead atoms. The van der Waals surface area contributed by atoms with E-state index in [-0.39, 0.29) is 24.0 Å². The summed E-state index contributed by atoms with van der Waals surface area (Å²) in [6.45, 7) is 3.03. The second-order valence-electron chi connectivity index (χ2n) is 7.69. The van der Waals surface area contributed by atoms with Crippen LogP contribution in [0.3, 0.4) is 0 Å². The van der Waals surface area contributed by atoms with Crippen molar-refractivity contribution in [3.63, 3.8) is 0 Å². The zero-order chi connectivity index (χ0) is 25.3. The van der Waals surface area contributed by atoms with Gasteiger partial charge in [0, 0.05) is 21.3 Å². The van der Waals surface area contributed by atoms with Crippen molar-refractivity contribution < 1.29 is 23.9 Å². The highest BCUT2D eigenvalue weighted by molar-refractivity contribution is 7.99. The molecule has 0 aromatic heterocycles. The van der Waals surface area contributed by atoms with Crippen LogP contribution in [0.25, 0.3) is 0 Å². The molecule has 0 spiro atoms. The van der Waals surface area contributed by atoms with E-state index >= 15 is 0 Å². The van der Waals surface area contributed by atoms with E-state index in [4.69, 9.17) is 9.47 Å². The van der Waals surface area contributed by atoms with Crippen molar-refractivity contribution in [2.45, 2.75) is 16.7 Å². The number of amides is 2. The van der Waals surface area contributed by atoms with Gasteiger partial charge in [0.2, 0.25) is 0 Å². The average molecular weight is 523 g/mol. The Morgan fingerprint density at radius 2 is 1.39 bits per heavy atom. The highest BCUT2D eigenvalue weighted by atomic mass is 32.2.